The molecule has 2 aromatic heterocycles. The Morgan fingerprint density at radius 3 is 2.81 bits per heavy atom. The molecule has 114 valence electrons. The van der Waals surface area contributed by atoms with E-state index >= 15 is 0 Å². The summed E-state index contributed by atoms with van der Waals surface area (Å²) in [6.45, 7) is 1.69. The van der Waals surface area contributed by atoms with E-state index in [4.69, 9.17) is 9.84 Å². The van der Waals surface area contributed by atoms with Crippen LogP contribution in [0.2, 0.25) is 0 Å². The van der Waals surface area contributed by atoms with Gasteiger partial charge in [-0.15, -0.1) is 11.3 Å². The van der Waals surface area contributed by atoms with Crippen molar-refractivity contribution < 1.29 is 18.3 Å². The Bertz CT molecular complexity index is 728. The highest BCUT2D eigenvalue weighted by Gasteiger charge is 2.19. The predicted molar refractivity (Wildman–Crippen MR) is 79.2 cm³/mol. The molecule has 0 unspecified atom stereocenters. The van der Waals surface area contributed by atoms with Crippen molar-refractivity contribution >= 4 is 27.3 Å². The number of rotatable bonds is 6. The van der Waals surface area contributed by atoms with Gasteiger partial charge in [0.25, 0.3) is 10.0 Å². The lowest BCUT2D eigenvalue weighted by Gasteiger charge is -2.07. The third kappa shape index (κ3) is 3.90. The predicted octanol–water partition coefficient (Wildman–Crippen LogP) is 1.19. The van der Waals surface area contributed by atoms with Gasteiger partial charge in [0.2, 0.25) is 11.8 Å². The number of anilines is 1. The molecule has 21 heavy (non-hydrogen) atoms. The fraction of sp³-hybridized carbons (Fsp3) is 0.333. The van der Waals surface area contributed by atoms with Gasteiger partial charge in [-0.05, 0) is 19.1 Å². The van der Waals surface area contributed by atoms with Crippen LogP contribution in [0, 0.1) is 6.92 Å². The van der Waals surface area contributed by atoms with Crippen LogP contribution in [-0.2, 0) is 16.4 Å². The molecule has 0 bridgehead atoms. The first-order valence-corrected chi connectivity index (χ1v) is 8.36. The number of methoxy groups -OCH3 is 1. The van der Waals surface area contributed by atoms with E-state index < -0.39 is 10.0 Å². The van der Waals surface area contributed by atoms with E-state index in [0.717, 1.165) is 16.2 Å². The van der Waals surface area contributed by atoms with Crippen LogP contribution in [0.25, 0.3) is 0 Å². The lowest BCUT2D eigenvalue weighted by Crippen LogP contribution is -2.14. The largest absolute Gasteiger partial charge is 0.481 e. The van der Waals surface area contributed by atoms with Crippen LogP contribution in [0.15, 0.2) is 22.4 Å². The number of nitrogens with one attached hydrogen (secondary N) is 1. The molecule has 0 amide bonds. The van der Waals surface area contributed by atoms with Gasteiger partial charge in [0, 0.05) is 29.7 Å². The average Bonchev–Trinajstić information content (AvgIpc) is 2.87. The molecule has 0 aromatic carbocycles. The summed E-state index contributed by atoms with van der Waals surface area (Å²) in [5.74, 6) is 0.247. The number of thiophene rings is 1. The zero-order chi connectivity index (χ0) is 15.5. The van der Waals surface area contributed by atoms with Gasteiger partial charge in [-0.1, -0.05) is 0 Å². The van der Waals surface area contributed by atoms with Crippen molar-refractivity contribution in [3.8, 4) is 5.88 Å². The van der Waals surface area contributed by atoms with Gasteiger partial charge >= 0.3 is 0 Å². The standard InChI is InChI=1S/C12H15N3O4S2/c1-8-7-10(19-2)14-12(13-8)15-21(17,18)11-4-3-9(20-11)5-6-16/h3-4,7,16H,5-6H2,1-2H3,(H,13,14,15). The van der Waals surface area contributed by atoms with Crippen LogP contribution >= 0.6 is 11.3 Å². The van der Waals surface area contributed by atoms with E-state index in [1.807, 2.05) is 0 Å². The Balaban J connectivity index is 2.26. The topological polar surface area (TPSA) is 101 Å². The van der Waals surface area contributed by atoms with Gasteiger partial charge in [0.05, 0.1) is 7.11 Å². The number of sulfonamides is 1. The highest BCUT2D eigenvalue weighted by atomic mass is 32.2. The molecule has 0 saturated heterocycles. The van der Waals surface area contributed by atoms with Crippen molar-refractivity contribution in [2.24, 2.45) is 0 Å². The fourth-order valence-electron chi connectivity index (χ4n) is 1.61. The summed E-state index contributed by atoms with van der Waals surface area (Å²) in [5, 5.41) is 8.86. The monoisotopic (exact) mass is 329 g/mol. The van der Waals surface area contributed by atoms with Crippen LogP contribution in [0.3, 0.4) is 0 Å². The smallest absolute Gasteiger partial charge is 0.273 e. The van der Waals surface area contributed by atoms with Crippen molar-refractivity contribution in [1.29, 1.82) is 0 Å². The maximum atomic E-state index is 12.2. The molecule has 0 aliphatic rings. The minimum absolute atomic E-state index is 0.0222. The molecule has 2 rings (SSSR count). The quantitative estimate of drug-likeness (QED) is 0.825. The van der Waals surface area contributed by atoms with Crippen molar-refractivity contribution in [2.45, 2.75) is 17.6 Å². The first kappa shape index (κ1) is 15.7. The number of hydrogen-bond acceptors (Lipinski definition) is 7. The summed E-state index contributed by atoms with van der Waals surface area (Å²) >= 11 is 1.10. The number of aryl methyl sites for hydroxylation is 1. The SMILES string of the molecule is COc1cc(C)nc(NS(=O)(=O)c2ccc(CCO)s2)n1. The maximum Gasteiger partial charge on any atom is 0.273 e. The van der Waals surface area contributed by atoms with Gasteiger partial charge in [0.1, 0.15) is 4.21 Å². The average molecular weight is 329 g/mol. The molecule has 2 heterocycles. The summed E-state index contributed by atoms with van der Waals surface area (Å²) in [7, 11) is -2.30. The first-order valence-electron chi connectivity index (χ1n) is 6.06. The molecule has 7 nitrogen and oxygen atoms in total. The highest BCUT2D eigenvalue weighted by molar-refractivity contribution is 7.94. The zero-order valence-corrected chi connectivity index (χ0v) is 13.2. The summed E-state index contributed by atoms with van der Waals surface area (Å²) in [4.78, 5) is 8.76. The van der Waals surface area contributed by atoms with Crippen LogP contribution in [0.4, 0.5) is 5.95 Å². The summed E-state index contributed by atoms with van der Waals surface area (Å²) in [6.07, 6.45) is 0.426. The number of hydrogen-bond donors (Lipinski definition) is 2. The Morgan fingerprint density at radius 1 is 1.38 bits per heavy atom. The third-order valence-electron chi connectivity index (χ3n) is 2.53. The number of nitrogens with zero attached hydrogens (tertiary/aromatic N) is 2. The van der Waals surface area contributed by atoms with Crippen LogP contribution in [0.1, 0.15) is 10.6 Å². The number of aliphatic hydroxyl groups excluding tert-OH is 1. The van der Waals surface area contributed by atoms with E-state index in [0.29, 0.717) is 12.1 Å². The molecular formula is C12H15N3O4S2. The minimum Gasteiger partial charge on any atom is -0.481 e. The van der Waals surface area contributed by atoms with E-state index in [9.17, 15) is 8.42 Å². The van der Waals surface area contributed by atoms with E-state index in [1.165, 1.54) is 13.2 Å². The summed E-state index contributed by atoms with van der Waals surface area (Å²) in [6, 6.07) is 4.76. The van der Waals surface area contributed by atoms with Crippen molar-refractivity contribution in [1.82, 2.24) is 9.97 Å². The molecule has 2 N–H and O–H groups in total. The Kier molecular flexibility index (Phi) is 4.76. The Morgan fingerprint density at radius 2 is 2.14 bits per heavy atom. The van der Waals surface area contributed by atoms with Crippen LogP contribution < -0.4 is 9.46 Å². The van der Waals surface area contributed by atoms with Gasteiger partial charge in [-0.25, -0.2) is 18.1 Å². The minimum atomic E-state index is -3.75. The Labute approximate surface area is 126 Å². The van der Waals surface area contributed by atoms with Crippen molar-refractivity contribution in [3.05, 3.63) is 28.8 Å². The van der Waals surface area contributed by atoms with Crippen LogP contribution in [0.5, 0.6) is 5.88 Å². The number of aliphatic hydroxyl groups is 1. The van der Waals surface area contributed by atoms with Crippen LogP contribution in [-0.4, -0.2) is 37.2 Å². The second-order valence-corrected chi connectivity index (χ2v) is 7.25. The molecule has 0 radical (unpaired) electrons. The van der Waals surface area contributed by atoms with Crippen molar-refractivity contribution in [3.63, 3.8) is 0 Å². The normalized spacial score (nSPS) is 11.4. The van der Waals surface area contributed by atoms with Gasteiger partial charge in [-0.3, -0.25) is 0 Å². The molecule has 0 saturated carbocycles. The molecule has 0 aliphatic heterocycles. The summed E-state index contributed by atoms with van der Waals surface area (Å²) < 4.78 is 31.9. The molecular weight excluding hydrogens is 314 g/mol. The summed E-state index contributed by atoms with van der Waals surface area (Å²) in [5.41, 5.74) is 0.590. The Hall–Kier alpha value is -1.71. The molecule has 9 heteroatoms. The third-order valence-corrected chi connectivity index (χ3v) is 5.49. The van der Waals surface area contributed by atoms with Gasteiger partial charge in [0.15, 0.2) is 0 Å². The highest BCUT2D eigenvalue weighted by Crippen LogP contribution is 2.24. The number of ether oxygens (including phenoxy) is 1. The zero-order valence-electron chi connectivity index (χ0n) is 11.5. The number of aromatic nitrogens is 2. The lowest BCUT2D eigenvalue weighted by molar-refractivity contribution is 0.300. The lowest BCUT2D eigenvalue weighted by atomic mass is 10.4. The maximum absolute atomic E-state index is 12.2. The molecule has 0 atom stereocenters. The second kappa shape index (κ2) is 6.37. The van der Waals surface area contributed by atoms with E-state index in [2.05, 4.69) is 14.7 Å². The molecule has 0 fully saturated rings. The van der Waals surface area contributed by atoms with Gasteiger partial charge in [-0.2, -0.15) is 4.98 Å². The van der Waals surface area contributed by atoms with Crippen molar-refractivity contribution in [2.75, 3.05) is 18.4 Å². The first-order chi connectivity index (χ1) is 9.94. The van der Waals surface area contributed by atoms with E-state index in [-0.39, 0.29) is 22.6 Å². The fourth-order valence-corrected chi connectivity index (χ4v) is 3.90. The molecule has 0 aliphatic carbocycles. The second-order valence-electron chi connectivity index (χ2n) is 4.18. The van der Waals surface area contributed by atoms with Gasteiger partial charge < -0.3 is 9.84 Å². The van der Waals surface area contributed by atoms with E-state index in [1.54, 1.807) is 19.1 Å². The molecule has 2 aromatic rings. The molecule has 0 spiro atoms.